The molecule has 0 aromatic carbocycles. The highest BCUT2D eigenvalue weighted by molar-refractivity contribution is 5.79. The Morgan fingerprint density at radius 1 is 0.955 bits per heavy atom. The van der Waals surface area contributed by atoms with E-state index in [2.05, 4.69) is 20.8 Å². The summed E-state index contributed by atoms with van der Waals surface area (Å²) >= 11 is 0. The SMILES string of the molecule is CCC1CC[C@H]2[C@@H]3CC[C@H]4CC(=O)CC[C@]4(C)C3CC[C@]12C. The predicted octanol–water partition coefficient (Wildman–Crippen LogP) is 5.62. The smallest absolute Gasteiger partial charge is 0.133 e. The van der Waals surface area contributed by atoms with Gasteiger partial charge in [0.15, 0.2) is 0 Å². The van der Waals surface area contributed by atoms with Crippen molar-refractivity contribution in [2.75, 3.05) is 0 Å². The molecule has 0 saturated heterocycles. The van der Waals surface area contributed by atoms with Crippen molar-refractivity contribution >= 4 is 5.78 Å². The number of rotatable bonds is 1. The van der Waals surface area contributed by atoms with Gasteiger partial charge >= 0.3 is 0 Å². The first-order valence-corrected chi connectivity index (χ1v) is 10.0. The Labute approximate surface area is 136 Å². The van der Waals surface area contributed by atoms with Crippen molar-refractivity contribution in [2.45, 2.75) is 85.0 Å². The van der Waals surface area contributed by atoms with Crippen molar-refractivity contribution in [2.24, 2.45) is 40.4 Å². The van der Waals surface area contributed by atoms with E-state index < -0.39 is 0 Å². The zero-order valence-corrected chi connectivity index (χ0v) is 14.9. The lowest BCUT2D eigenvalue weighted by atomic mass is 9.45. The fraction of sp³-hybridized carbons (Fsp3) is 0.952. The molecule has 0 aromatic heterocycles. The zero-order valence-electron chi connectivity index (χ0n) is 14.9. The molecule has 4 aliphatic carbocycles. The standard InChI is InChI=1S/C21H34O/c1-4-14-6-8-18-17-7-5-15-13-16(22)9-11-21(15,3)19(17)10-12-20(14,18)2/h14-15,17-19H,4-13H2,1-3H3/t14?,15-,17-,18-,19?,20+,21-/m0/s1. The quantitative estimate of drug-likeness (QED) is 0.614. The fourth-order valence-electron chi connectivity index (χ4n) is 7.82. The van der Waals surface area contributed by atoms with Gasteiger partial charge in [-0.1, -0.05) is 27.2 Å². The molecule has 124 valence electrons. The average Bonchev–Trinajstić information content (AvgIpc) is 2.84. The highest BCUT2D eigenvalue weighted by atomic mass is 16.1. The summed E-state index contributed by atoms with van der Waals surface area (Å²) in [5.41, 5.74) is 1.13. The van der Waals surface area contributed by atoms with E-state index in [1.165, 1.54) is 51.4 Å². The van der Waals surface area contributed by atoms with Gasteiger partial charge in [0, 0.05) is 12.8 Å². The van der Waals surface area contributed by atoms with Crippen LogP contribution < -0.4 is 0 Å². The summed E-state index contributed by atoms with van der Waals surface area (Å²) in [6, 6.07) is 0. The first-order valence-electron chi connectivity index (χ1n) is 10.0. The van der Waals surface area contributed by atoms with Gasteiger partial charge in [-0.2, -0.15) is 0 Å². The van der Waals surface area contributed by atoms with Crippen molar-refractivity contribution < 1.29 is 4.79 Å². The maximum atomic E-state index is 11.9. The molecule has 0 bridgehead atoms. The summed E-state index contributed by atoms with van der Waals surface area (Å²) < 4.78 is 0. The number of carbonyl (C=O) groups excluding carboxylic acids is 1. The van der Waals surface area contributed by atoms with Crippen molar-refractivity contribution in [3.63, 3.8) is 0 Å². The third kappa shape index (κ3) is 1.93. The molecule has 0 spiro atoms. The minimum absolute atomic E-state index is 0.489. The van der Waals surface area contributed by atoms with Crippen molar-refractivity contribution in [3.05, 3.63) is 0 Å². The van der Waals surface area contributed by atoms with Crippen LogP contribution >= 0.6 is 0 Å². The summed E-state index contributed by atoms with van der Waals surface area (Å²) in [4.78, 5) is 11.9. The van der Waals surface area contributed by atoms with E-state index >= 15 is 0 Å². The summed E-state index contributed by atoms with van der Waals surface area (Å²) in [7, 11) is 0. The molecule has 0 aromatic rings. The van der Waals surface area contributed by atoms with Gasteiger partial charge in [0.1, 0.15) is 5.78 Å². The minimum atomic E-state index is 0.489. The molecule has 4 rings (SSSR count). The van der Waals surface area contributed by atoms with Crippen molar-refractivity contribution in [1.82, 2.24) is 0 Å². The lowest BCUT2D eigenvalue weighted by Gasteiger charge is -2.60. The average molecular weight is 303 g/mol. The van der Waals surface area contributed by atoms with Crippen LogP contribution in [0.4, 0.5) is 0 Å². The number of fused-ring (bicyclic) bond motifs is 5. The Hall–Kier alpha value is -0.330. The second kappa shape index (κ2) is 5.08. The van der Waals surface area contributed by atoms with Crippen LogP contribution in [-0.4, -0.2) is 5.78 Å². The van der Waals surface area contributed by atoms with Gasteiger partial charge in [-0.3, -0.25) is 4.79 Å². The largest absolute Gasteiger partial charge is 0.300 e. The third-order valence-electron chi connectivity index (χ3n) is 9.17. The van der Waals surface area contributed by atoms with E-state index in [9.17, 15) is 4.79 Å². The van der Waals surface area contributed by atoms with E-state index in [1.54, 1.807) is 0 Å². The van der Waals surface area contributed by atoms with Crippen molar-refractivity contribution in [3.8, 4) is 0 Å². The molecule has 0 heterocycles. The molecule has 0 radical (unpaired) electrons. The van der Waals surface area contributed by atoms with Gasteiger partial charge in [0.2, 0.25) is 0 Å². The molecule has 4 fully saturated rings. The van der Waals surface area contributed by atoms with Gasteiger partial charge in [-0.25, -0.2) is 0 Å². The second-order valence-corrected chi connectivity index (χ2v) is 9.63. The van der Waals surface area contributed by atoms with Crippen LogP contribution in [0, 0.1) is 40.4 Å². The van der Waals surface area contributed by atoms with Crippen molar-refractivity contribution in [1.29, 1.82) is 0 Å². The van der Waals surface area contributed by atoms with Gasteiger partial charge < -0.3 is 0 Å². The topological polar surface area (TPSA) is 17.1 Å². The lowest BCUT2D eigenvalue weighted by molar-refractivity contribution is -0.139. The number of carbonyl (C=O) groups is 1. The van der Waals surface area contributed by atoms with Gasteiger partial charge in [-0.05, 0) is 85.4 Å². The number of ketones is 1. The monoisotopic (exact) mass is 302 g/mol. The fourth-order valence-corrected chi connectivity index (χ4v) is 7.82. The van der Waals surface area contributed by atoms with Crippen LogP contribution in [0.1, 0.15) is 85.0 Å². The van der Waals surface area contributed by atoms with Gasteiger partial charge in [-0.15, -0.1) is 0 Å². The zero-order chi connectivity index (χ0) is 15.5. The van der Waals surface area contributed by atoms with E-state index in [0.29, 0.717) is 22.5 Å². The summed E-state index contributed by atoms with van der Waals surface area (Å²) in [6.07, 6.45) is 13.0. The molecule has 1 heteroatoms. The minimum Gasteiger partial charge on any atom is -0.300 e. The summed E-state index contributed by atoms with van der Waals surface area (Å²) in [5, 5.41) is 0. The first-order chi connectivity index (χ1) is 10.5. The van der Waals surface area contributed by atoms with Crippen LogP contribution in [0.15, 0.2) is 0 Å². The number of hydrogen-bond donors (Lipinski definition) is 0. The molecule has 0 amide bonds. The number of Topliss-reactive ketones (excluding diaryl/α,β-unsaturated/α-hetero) is 1. The molecule has 7 atom stereocenters. The second-order valence-electron chi connectivity index (χ2n) is 9.63. The molecule has 0 N–H and O–H groups in total. The highest BCUT2D eigenvalue weighted by Crippen LogP contribution is 2.67. The van der Waals surface area contributed by atoms with E-state index in [-0.39, 0.29) is 0 Å². The Bertz CT molecular complexity index is 469. The highest BCUT2D eigenvalue weighted by Gasteiger charge is 2.59. The maximum Gasteiger partial charge on any atom is 0.133 e. The van der Waals surface area contributed by atoms with Crippen LogP contribution in [-0.2, 0) is 4.79 Å². The Balaban J connectivity index is 1.62. The van der Waals surface area contributed by atoms with Crippen LogP contribution in [0.5, 0.6) is 0 Å². The molecule has 0 aliphatic heterocycles. The molecule has 2 unspecified atom stereocenters. The molecule has 1 nitrogen and oxygen atoms in total. The molecule has 4 saturated carbocycles. The molecule has 22 heavy (non-hydrogen) atoms. The van der Waals surface area contributed by atoms with Gasteiger partial charge in [0.25, 0.3) is 0 Å². The normalized spacial score (nSPS) is 54.5. The van der Waals surface area contributed by atoms with Crippen LogP contribution in [0.25, 0.3) is 0 Å². The maximum absolute atomic E-state index is 11.9. The Morgan fingerprint density at radius 3 is 2.50 bits per heavy atom. The Morgan fingerprint density at radius 2 is 1.73 bits per heavy atom. The van der Waals surface area contributed by atoms with E-state index in [1.807, 2.05) is 0 Å². The van der Waals surface area contributed by atoms with Crippen LogP contribution in [0.2, 0.25) is 0 Å². The number of hydrogen-bond acceptors (Lipinski definition) is 1. The molecular weight excluding hydrogens is 268 g/mol. The van der Waals surface area contributed by atoms with Crippen LogP contribution in [0.3, 0.4) is 0 Å². The third-order valence-corrected chi connectivity index (χ3v) is 9.17. The van der Waals surface area contributed by atoms with Gasteiger partial charge in [0.05, 0.1) is 0 Å². The Kier molecular flexibility index (Phi) is 3.51. The summed E-state index contributed by atoms with van der Waals surface area (Å²) in [6.45, 7) is 7.61. The lowest BCUT2D eigenvalue weighted by Crippen LogP contribution is -2.53. The summed E-state index contributed by atoms with van der Waals surface area (Å²) in [5.74, 6) is 5.14. The molecular formula is C21H34O. The van der Waals surface area contributed by atoms with E-state index in [4.69, 9.17) is 0 Å². The first kappa shape index (κ1) is 15.2. The van der Waals surface area contributed by atoms with E-state index in [0.717, 1.165) is 36.5 Å². The molecule has 4 aliphatic rings. The predicted molar refractivity (Wildman–Crippen MR) is 90.5 cm³/mol.